The molecule has 0 aromatic heterocycles. The van der Waals surface area contributed by atoms with E-state index in [-0.39, 0.29) is 12.1 Å². The van der Waals surface area contributed by atoms with Gasteiger partial charge in [-0.3, -0.25) is 4.90 Å². The van der Waals surface area contributed by atoms with Crippen LogP contribution in [0.1, 0.15) is 43.7 Å². The zero-order valence-electron chi connectivity index (χ0n) is 16.5. The number of carbonyl (C=O) groups is 1. The Balaban J connectivity index is 1.27. The van der Waals surface area contributed by atoms with Gasteiger partial charge in [0.1, 0.15) is 0 Å². The van der Waals surface area contributed by atoms with Crippen molar-refractivity contribution in [2.24, 2.45) is 17.8 Å². The number of hydrogen-bond donors (Lipinski definition) is 2. The maximum absolute atomic E-state index is 12.4. The minimum atomic E-state index is -0.0357. The SMILES string of the molecule is CC(NC(=O)NCc1ccccc1CN1CCOCC1)C1CC2CCC1C2. The predicted molar refractivity (Wildman–Crippen MR) is 106 cm³/mol. The summed E-state index contributed by atoms with van der Waals surface area (Å²) in [5.74, 6) is 2.42. The second kappa shape index (κ2) is 8.61. The summed E-state index contributed by atoms with van der Waals surface area (Å²) in [7, 11) is 0. The van der Waals surface area contributed by atoms with Gasteiger partial charge in [0, 0.05) is 32.2 Å². The van der Waals surface area contributed by atoms with Gasteiger partial charge in [0.05, 0.1) is 13.2 Å². The van der Waals surface area contributed by atoms with Crippen molar-refractivity contribution in [3.63, 3.8) is 0 Å². The van der Waals surface area contributed by atoms with E-state index in [1.807, 2.05) is 0 Å². The summed E-state index contributed by atoms with van der Waals surface area (Å²) in [6.45, 7) is 7.25. The number of amides is 2. The van der Waals surface area contributed by atoms with Crippen molar-refractivity contribution in [1.29, 1.82) is 0 Å². The molecule has 2 saturated carbocycles. The molecular weight excluding hydrogens is 338 g/mol. The summed E-state index contributed by atoms with van der Waals surface area (Å²) >= 11 is 0. The van der Waals surface area contributed by atoms with E-state index in [0.29, 0.717) is 12.5 Å². The molecule has 0 spiro atoms. The van der Waals surface area contributed by atoms with E-state index in [1.54, 1.807) is 0 Å². The van der Waals surface area contributed by atoms with E-state index < -0.39 is 0 Å². The third-order valence-corrected chi connectivity index (χ3v) is 6.85. The molecule has 2 N–H and O–H groups in total. The molecule has 1 aromatic rings. The fourth-order valence-corrected chi connectivity index (χ4v) is 5.33. The van der Waals surface area contributed by atoms with E-state index >= 15 is 0 Å². The smallest absolute Gasteiger partial charge is 0.315 e. The fraction of sp³-hybridized carbons (Fsp3) is 0.682. The van der Waals surface area contributed by atoms with Crippen LogP contribution < -0.4 is 10.6 Å². The summed E-state index contributed by atoms with van der Waals surface area (Å²) in [5.41, 5.74) is 2.49. The van der Waals surface area contributed by atoms with Crippen LogP contribution in [0.2, 0.25) is 0 Å². The number of urea groups is 1. The number of carbonyl (C=O) groups excluding carboxylic acids is 1. The molecule has 1 heterocycles. The molecule has 3 fully saturated rings. The number of fused-ring (bicyclic) bond motifs is 2. The molecule has 5 heteroatoms. The quantitative estimate of drug-likeness (QED) is 0.808. The lowest BCUT2D eigenvalue weighted by Crippen LogP contribution is -2.45. The number of ether oxygens (including phenoxy) is 1. The van der Waals surface area contributed by atoms with Crippen LogP contribution in [0.3, 0.4) is 0 Å². The molecule has 2 bridgehead atoms. The molecule has 1 aromatic carbocycles. The largest absolute Gasteiger partial charge is 0.379 e. The van der Waals surface area contributed by atoms with E-state index in [4.69, 9.17) is 4.74 Å². The van der Waals surface area contributed by atoms with Crippen LogP contribution in [0.5, 0.6) is 0 Å². The highest BCUT2D eigenvalue weighted by molar-refractivity contribution is 5.74. The Morgan fingerprint density at radius 1 is 1.19 bits per heavy atom. The van der Waals surface area contributed by atoms with Crippen LogP contribution in [0.25, 0.3) is 0 Å². The molecule has 5 nitrogen and oxygen atoms in total. The number of nitrogens with zero attached hydrogens (tertiary/aromatic N) is 1. The Hall–Kier alpha value is -1.59. The maximum atomic E-state index is 12.4. The lowest BCUT2D eigenvalue weighted by atomic mass is 9.84. The van der Waals surface area contributed by atoms with Crippen LogP contribution in [0.15, 0.2) is 24.3 Å². The number of nitrogens with one attached hydrogen (secondary N) is 2. The molecule has 148 valence electrons. The van der Waals surface area contributed by atoms with E-state index in [9.17, 15) is 4.79 Å². The molecular formula is C22H33N3O2. The first kappa shape index (κ1) is 18.8. The lowest BCUT2D eigenvalue weighted by Gasteiger charge is -2.29. The number of rotatable bonds is 6. The average molecular weight is 372 g/mol. The minimum absolute atomic E-state index is 0.0357. The van der Waals surface area contributed by atoms with Crippen molar-refractivity contribution in [2.75, 3.05) is 26.3 Å². The summed E-state index contributed by atoms with van der Waals surface area (Å²) in [6, 6.07) is 8.65. The molecule has 27 heavy (non-hydrogen) atoms. The van der Waals surface area contributed by atoms with E-state index in [1.165, 1.54) is 36.8 Å². The molecule has 3 aliphatic rings. The molecule has 1 saturated heterocycles. The Labute approximate surface area is 162 Å². The van der Waals surface area contributed by atoms with Crippen LogP contribution in [-0.2, 0) is 17.8 Å². The number of benzene rings is 1. The zero-order valence-corrected chi connectivity index (χ0v) is 16.5. The van der Waals surface area contributed by atoms with Crippen LogP contribution >= 0.6 is 0 Å². The van der Waals surface area contributed by atoms with Gasteiger partial charge in [-0.15, -0.1) is 0 Å². The summed E-state index contributed by atoms with van der Waals surface area (Å²) < 4.78 is 5.44. The zero-order chi connectivity index (χ0) is 18.6. The summed E-state index contributed by atoms with van der Waals surface area (Å²) in [5, 5.41) is 6.28. The van der Waals surface area contributed by atoms with Crippen LogP contribution in [0.4, 0.5) is 4.79 Å². The topological polar surface area (TPSA) is 53.6 Å². The third-order valence-electron chi connectivity index (χ3n) is 6.85. The summed E-state index contributed by atoms with van der Waals surface area (Å²) in [4.78, 5) is 14.9. The highest BCUT2D eigenvalue weighted by Gasteiger charge is 2.42. The van der Waals surface area contributed by atoms with Gasteiger partial charge in [-0.1, -0.05) is 30.7 Å². The van der Waals surface area contributed by atoms with E-state index in [0.717, 1.165) is 44.7 Å². The number of hydrogen-bond acceptors (Lipinski definition) is 3. The van der Waals surface area contributed by atoms with Gasteiger partial charge < -0.3 is 15.4 Å². The second-order valence-corrected chi connectivity index (χ2v) is 8.61. The van der Waals surface area contributed by atoms with Gasteiger partial charge in [0.25, 0.3) is 0 Å². The first-order valence-electron chi connectivity index (χ1n) is 10.6. The molecule has 1 aliphatic heterocycles. The lowest BCUT2D eigenvalue weighted by molar-refractivity contribution is 0.0341. The summed E-state index contributed by atoms with van der Waals surface area (Å²) in [6.07, 6.45) is 5.44. The van der Waals surface area contributed by atoms with Crippen molar-refractivity contribution in [3.05, 3.63) is 35.4 Å². The average Bonchev–Trinajstić information content (AvgIpc) is 3.32. The van der Waals surface area contributed by atoms with Gasteiger partial charge in [-0.25, -0.2) is 4.79 Å². The minimum Gasteiger partial charge on any atom is -0.379 e. The van der Waals surface area contributed by atoms with Crippen LogP contribution in [-0.4, -0.2) is 43.3 Å². The second-order valence-electron chi connectivity index (χ2n) is 8.61. The normalized spacial score (nSPS) is 28.9. The third kappa shape index (κ3) is 4.64. The Morgan fingerprint density at radius 3 is 2.67 bits per heavy atom. The molecule has 4 rings (SSSR count). The first-order chi connectivity index (χ1) is 13.2. The van der Waals surface area contributed by atoms with Crippen LogP contribution in [0, 0.1) is 17.8 Å². The molecule has 2 amide bonds. The standard InChI is InChI=1S/C22H33N3O2/c1-16(21-13-17-6-7-18(21)12-17)24-22(26)23-14-19-4-2-3-5-20(19)15-25-8-10-27-11-9-25/h2-5,16-18,21H,6-15H2,1H3,(H2,23,24,26). The Kier molecular flexibility index (Phi) is 5.98. The van der Waals surface area contributed by atoms with Crippen molar-refractivity contribution in [3.8, 4) is 0 Å². The highest BCUT2D eigenvalue weighted by Crippen LogP contribution is 2.49. The van der Waals surface area contributed by atoms with Crippen molar-refractivity contribution < 1.29 is 9.53 Å². The van der Waals surface area contributed by atoms with Gasteiger partial charge in [-0.05, 0) is 55.1 Å². The molecule has 2 aliphatic carbocycles. The fourth-order valence-electron chi connectivity index (χ4n) is 5.33. The predicted octanol–water partition coefficient (Wildman–Crippen LogP) is 3.14. The Morgan fingerprint density at radius 2 is 1.96 bits per heavy atom. The Bertz CT molecular complexity index is 644. The number of morpholine rings is 1. The monoisotopic (exact) mass is 371 g/mol. The molecule has 0 radical (unpaired) electrons. The van der Waals surface area contributed by atoms with Gasteiger partial charge in [-0.2, -0.15) is 0 Å². The highest BCUT2D eigenvalue weighted by atomic mass is 16.5. The van der Waals surface area contributed by atoms with Gasteiger partial charge in [0.2, 0.25) is 0 Å². The van der Waals surface area contributed by atoms with Gasteiger partial charge >= 0.3 is 6.03 Å². The maximum Gasteiger partial charge on any atom is 0.315 e. The first-order valence-corrected chi connectivity index (χ1v) is 10.6. The van der Waals surface area contributed by atoms with Crippen molar-refractivity contribution in [1.82, 2.24) is 15.5 Å². The van der Waals surface area contributed by atoms with Crippen molar-refractivity contribution in [2.45, 2.75) is 51.7 Å². The molecule has 4 unspecified atom stereocenters. The van der Waals surface area contributed by atoms with Gasteiger partial charge in [0.15, 0.2) is 0 Å². The van der Waals surface area contributed by atoms with E-state index in [2.05, 4.69) is 46.7 Å². The molecule has 4 atom stereocenters. The van der Waals surface area contributed by atoms with Crippen molar-refractivity contribution >= 4 is 6.03 Å².